The van der Waals surface area contributed by atoms with Gasteiger partial charge in [0.2, 0.25) is 0 Å². The van der Waals surface area contributed by atoms with Crippen molar-refractivity contribution in [1.29, 1.82) is 0 Å². The first-order valence-electron chi connectivity index (χ1n) is 7.12. The number of hydrogen-bond acceptors (Lipinski definition) is 3. The third kappa shape index (κ3) is 3.62. The number of nitrogens with two attached hydrogens (primary N) is 1. The van der Waals surface area contributed by atoms with Crippen LogP contribution in [-0.2, 0) is 4.74 Å². The topological polar surface area (TPSA) is 35.2 Å². The molecule has 2 aliphatic rings. The fraction of sp³-hybridized carbons (Fsp3) is 1.00. The summed E-state index contributed by atoms with van der Waals surface area (Å²) >= 11 is 2.00. The van der Waals surface area contributed by atoms with Crippen molar-refractivity contribution in [2.45, 2.75) is 69.3 Å². The maximum absolute atomic E-state index is 6.37. The monoisotopic (exact) mass is 257 g/mol. The molecule has 0 aromatic rings. The van der Waals surface area contributed by atoms with Crippen molar-refractivity contribution in [2.75, 3.05) is 12.4 Å². The number of ether oxygens (including phenoxy) is 1. The lowest BCUT2D eigenvalue weighted by molar-refractivity contribution is -0.0951. The van der Waals surface area contributed by atoms with Crippen LogP contribution in [0.15, 0.2) is 0 Å². The lowest BCUT2D eigenvalue weighted by atomic mass is 9.81. The lowest BCUT2D eigenvalue weighted by Gasteiger charge is -2.40. The van der Waals surface area contributed by atoms with Crippen molar-refractivity contribution in [2.24, 2.45) is 11.7 Å². The zero-order valence-electron chi connectivity index (χ0n) is 11.3. The maximum Gasteiger partial charge on any atom is 0.0685 e. The molecule has 1 heterocycles. The molecule has 2 atom stereocenters. The third-order valence-corrected chi connectivity index (χ3v) is 5.52. The van der Waals surface area contributed by atoms with Crippen LogP contribution in [0.3, 0.4) is 0 Å². The van der Waals surface area contributed by atoms with Crippen LogP contribution in [-0.4, -0.2) is 29.3 Å². The molecule has 3 heteroatoms. The molecule has 0 amide bonds. The van der Waals surface area contributed by atoms with E-state index < -0.39 is 0 Å². The highest BCUT2D eigenvalue weighted by Crippen LogP contribution is 2.42. The molecule has 100 valence electrons. The summed E-state index contributed by atoms with van der Waals surface area (Å²) in [5.74, 6) is 1.80. The SMILES string of the molecule is CC(C)SCC(N)C1CCOC2(CCCC2)C1. The Kier molecular flexibility index (Phi) is 4.79. The van der Waals surface area contributed by atoms with Gasteiger partial charge in [-0.25, -0.2) is 0 Å². The molecule has 2 rings (SSSR count). The first-order chi connectivity index (χ1) is 8.11. The van der Waals surface area contributed by atoms with Crippen molar-refractivity contribution in [1.82, 2.24) is 0 Å². The summed E-state index contributed by atoms with van der Waals surface area (Å²) in [7, 11) is 0. The van der Waals surface area contributed by atoms with E-state index in [2.05, 4.69) is 13.8 Å². The van der Waals surface area contributed by atoms with E-state index in [1.54, 1.807) is 0 Å². The van der Waals surface area contributed by atoms with Crippen LogP contribution >= 0.6 is 11.8 Å². The molecule has 1 saturated heterocycles. The second-order valence-corrected chi connectivity index (χ2v) is 7.65. The van der Waals surface area contributed by atoms with E-state index in [1.165, 1.54) is 38.5 Å². The second-order valence-electron chi connectivity index (χ2n) is 6.04. The van der Waals surface area contributed by atoms with Crippen LogP contribution in [0.25, 0.3) is 0 Å². The minimum Gasteiger partial charge on any atom is -0.375 e. The summed E-state index contributed by atoms with van der Waals surface area (Å²) in [4.78, 5) is 0. The summed E-state index contributed by atoms with van der Waals surface area (Å²) in [5, 5.41) is 0.696. The van der Waals surface area contributed by atoms with E-state index >= 15 is 0 Å². The van der Waals surface area contributed by atoms with Crippen LogP contribution in [0.4, 0.5) is 0 Å². The Balaban J connectivity index is 1.84. The van der Waals surface area contributed by atoms with E-state index in [0.29, 0.717) is 17.2 Å². The number of thioether (sulfide) groups is 1. The van der Waals surface area contributed by atoms with Crippen LogP contribution in [0, 0.1) is 5.92 Å². The van der Waals surface area contributed by atoms with E-state index in [-0.39, 0.29) is 5.60 Å². The van der Waals surface area contributed by atoms with Crippen LogP contribution in [0.1, 0.15) is 52.4 Å². The van der Waals surface area contributed by atoms with Crippen molar-refractivity contribution in [3.05, 3.63) is 0 Å². The van der Waals surface area contributed by atoms with E-state index in [9.17, 15) is 0 Å². The molecule has 2 unspecified atom stereocenters. The standard InChI is InChI=1S/C14H27NOS/c1-11(2)17-10-13(15)12-5-8-16-14(9-12)6-3-4-7-14/h11-13H,3-10,15H2,1-2H3. The van der Waals surface area contributed by atoms with Gasteiger partial charge in [-0.15, -0.1) is 0 Å². The largest absolute Gasteiger partial charge is 0.375 e. The second kappa shape index (κ2) is 5.94. The average Bonchev–Trinajstić information content (AvgIpc) is 2.74. The molecule has 1 saturated carbocycles. The summed E-state index contributed by atoms with van der Waals surface area (Å²) in [5.41, 5.74) is 6.60. The predicted octanol–water partition coefficient (Wildman–Crippen LogP) is 3.19. The zero-order valence-corrected chi connectivity index (χ0v) is 12.1. The minimum atomic E-state index is 0.225. The molecule has 0 aromatic carbocycles. The van der Waals surface area contributed by atoms with Gasteiger partial charge in [-0.3, -0.25) is 0 Å². The van der Waals surface area contributed by atoms with Crippen molar-refractivity contribution in [3.8, 4) is 0 Å². The molecular formula is C14H27NOS. The van der Waals surface area contributed by atoms with Crippen LogP contribution in [0.2, 0.25) is 0 Å². The molecule has 1 aliphatic carbocycles. The first kappa shape index (κ1) is 13.7. The van der Waals surface area contributed by atoms with E-state index in [4.69, 9.17) is 10.5 Å². The maximum atomic E-state index is 6.37. The molecular weight excluding hydrogens is 230 g/mol. The number of hydrogen-bond donors (Lipinski definition) is 1. The van der Waals surface area contributed by atoms with Gasteiger partial charge < -0.3 is 10.5 Å². The summed E-state index contributed by atoms with van der Waals surface area (Å²) in [6.45, 7) is 5.43. The van der Waals surface area contributed by atoms with Gasteiger partial charge in [-0.05, 0) is 36.9 Å². The van der Waals surface area contributed by atoms with Gasteiger partial charge in [0.05, 0.1) is 5.60 Å². The molecule has 17 heavy (non-hydrogen) atoms. The molecule has 1 spiro atoms. The number of rotatable bonds is 4. The fourth-order valence-corrected chi connectivity index (χ4v) is 4.12. The summed E-state index contributed by atoms with van der Waals surface area (Å²) in [6.07, 6.45) is 7.63. The molecule has 2 fully saturated rings. The molecule has 1 aliphatic heterocycles. The van der Waals surface area contributed by atoms with Gasteiger partial charge in [0.25, 0.3) is 0 Å². The molecule has 0 aromatic heterocycles. The highest BCUT2D eigenvalue weighted by atomic mass is 32.2. The zero-order chi connectivity index (χ0) is 12.3. The molecule has 0 radical (unpaired) electrons. The Morgan fingerprint density at radius 2 is 2.06 bits per heavy atom. The summed E-state index contributed by atoms with van der Waals surface area (Å²) < 4.78 is 6.07. The Morgan fingerprint density at radius 3 is 2.71 bits per heavy atom. The van der Waals surface area contributed by atoms with Crippen molar-refractivity contribution < 1.29 is 4.74 Å². The quantitative estimate of drug-likeness (QED) is 0.840. The van der Waals surface area contributed by atoms with Gasteiger partial charge in [0.1, 0.15) is 0 Å². The predicted molar refractivity (Wildman–Crippen MR) is 75.4 cm³/mol. The molecule has 2 N–H and O–H groups in total. The Bertz CT molecular complexity index is 238. The highest BCUT2D eigenvalue weighted by molar-refractivity contribution is 7.99. The fourth-order valence-electron chi connectivity index (χ4n) is 3.24. The van der Waals surface area contributed by atoms with Gasteiger partial charge in [0.15, 0.2) is 0 Å². The van der Waals surface area contributed by atoms with Gasteiger partial charge in [0, 0.05) is 18.4 Å². The average molecular weight is 257 g/mol. The smallest absolute Gasteiger partial charge is 0.0685 e. The van der Waals surface area contributed by atoms with Crippen molar-refractivity contribution in [3.63, 3.8) is 0 Å². The Hall–Kier alpha value is 0.270. The van der Waals surface area contributed by atoms with Gasteiger partial charge in [-0.2, -0.15) is 11.8 Å². The normalized spacial score (nSPS) is 30.0. The minimum absolute atomic E-state index is 0.225. The van der Waals surface area contributed by atoms with Gasteiger partial charge in [-0.1, -0.05) is 26.7 Å². The Labute approximate surface area is 110 Å². The van der Waals surface area contributed by atoms with Crippen LogP contribution in [0.5, 0.6) is 0 Å². The van der Waals surface area contributed by atoms with E-state index in [1.807, 2.05) is 11.8 Å². The first-order valence-corrected chi connectivity index (χ1v) is 8.17. The molecule has 2 nitrogen and oxygen atoms in total. The summed E-state index contributed by atoms with van der Waals surface area (Å²) in [6, 6.07) is 0.365. The van der Waals surface area contributed by atoms with Crippen molar-refractivity contribution >= 4 is 11.8 Å². The molecule has 0 bridgehead atoms. The lowest BCUT2D eigenvalue weighted by Crippen LogP contribution is -2.44. The third-order valence-electron chi connectivity index (χ3n) is 4.27. The van der Waals surface area contributed by atoms with Gasteiger partial charge >= 0.3 is 0 Å². The Morgan fingerprint density at radius 1 is 1.35 bits per heavy atom. The van der Waals surface area contributed by atoms with Crippen LogP contribution < -0.4 is 5.73 Å². The highest BCUT2D eigenvalue weighted by Gasteiger charge is 2.41. The van der Waals surface area contributed by atoms with E-state index in [0.717, 1.165) is 12.4 Å².